The van der Waals surface area contributed by atoms with Gasteiger partial charge in [-0.1, -0.05) is 18.2 Å². The highest BCUT2D eigenvalue weighted by atomic mass is 32.2. The maximum absolute atomic E-state index is 13.7. The Labute approximate surface area is 201 Å². The highest BCUT2D eigenvalue weighted by Crippen LogP contribution is 2.26. The first kappa shape index (κ1) is 22.8. The molecule has 4 aromatic rings. The van der Waals surface area contributed by atoms with Crippen LogP contribution in [0.2, 0.25) is 0 Å². The molecular formula is C23H25N5O4S2. The first-order chi connectivity index (χ1) is 16.2. The van der Waals surface area contributed by atoms with Crippen LogP contribution in [0.5, 0.6) is 5.75 Å². The molecule has 5 rings (SSSR count). The third-order valence-corrected chi connectivity index (χ3v) is 8.51. The lowest BCUT2D eigenvalue weighted by atomic mass is 10.2. The molecule has 0 N–H and O–H groups in total. The number of hydrogen-bond donors (Lipinski definition) is 0. The molecule has 1 aliphatic heterocycles. The van der Waals surface area contributed by atoms with Gasteiger partial charge >= 0.3 is 0 Å². The fourth-order valence-corrected chi connectivity index (χ4v) is 6.63. The summed E-state index contributed by atoms with van der Waals surface area (Å²) in [4.78, 5) is 15.6. The van der Waals surface area contributed by atoms with Gasteiger partial charge in [0.05, 0.1) is 41.9 Å². The number of nitrogens with zero attached hydrogens (tertiary/aromatic N) is 5. The van der Waals surface area contributed by atoms with Gasteiger partial charge in [0.1, 0.15) is 5.75 Å². The van der Waals surface area contributed by atoms with Crippen molar-refractivity contribution in [2.24, 2.45) is 0 Å². The quantitative estimate of drug-likeness (QED) is 0.390. The zero-order valence-corrected chi connectivity index (χ0v) is 20.8. The lowest BCUT2D eigenvalue weighted by Gasteiger charge is -2.22. The van der Waals surface area contributed by atoms with Crippen LogP contribution in [0, 0.1) is 11.7 Å². The third kappa shape index (κ3) is 3.73. The summed E-state index contributed by atoms with van der Waals surface area (Å²) in [7, 11) is 0.411. The van der Waals surface area contributed by atoms with Crippen molar-refractivity contribution in [2.75, 3.05) is 25.7 Å². The Morgan fingerprint density at radius 2 is 2.00 bits per heavy atom. The lowest BCUT2D eigenvalue weighted by molar-refractivity contribution is 0.197. The van der Waals surface area contributed by atoms with Gasteiger partial charge in [-0.2, -0.15) is 0 Å². The number of hydrogen-bond acceptors (Lipinski definition) is 7. The molecule has 0 amide bonds. The second kappa shape index (κ2) is 8.33. The number of benzene rings is 2. The molecule has 0 bridgehead atoms. The number of rotatable bonds is 5. The van der Waals surface area contributed by atoms with E-state index in [4.69, 9.17) is 22.1 Å². The van der Waals surface area contributed by atoms with Crippen molar-refractivity contribution in [3.8, 4) is 11.4 Å². The van der Waals surface area contributed by atoms with E-state index in [9.17, 15) is 13.2 Å². The SMILES string of the molecule is COc1ccc(C)cc1-n1c(=O)c2ccccc2n2c(=S)n(CN(C)C3CCS(=O)(=O)C3)nc12. The van der Waals surface area contributed by atoms with Crippen molar-refractivity contribution in [1.82, 2.24) is 23.6 Å². The zero-order chi connectivity index (χ0) is 24.2. The van der Waals surface area contributed by atoms with E-state index in [-0.39, 0.29) is 23.1 Å². The van der Waals surface area contributed by atoms with E-state index in [1.54, 1.807) is 22.3 Å². The molecule has 3 heterocycles. The monoisotopic (exact) mass is 499 g/mol. The first-order valence-corrected chi connectivity index (χ1v) is 13.1. The van der Waals surface area contributed by atoms with Gasteiger partial charge in [-0.05, 0) is 62.4 Å². The standard InChI is InChI=1S/C23H25N5O4S2/c1-15-8-9-20(32-3)19(12-15)27-21(29)17-6-4-5-7-18(17)28-22(27)24-26(23(28)33)14-25(2)16-10-11-34(30,31)13-16/h4-9,12,16H,10-11,13-14H2,1-3H3. The number of ether oxygens (including phenoxy) is 1. The van der Waals surface area contributed by atoms with Crippen LogP contribution in [0.25, 0.3) is 22.4 Å². The molecule has 0 aliphatic carbocycles. The van der Waals surface area contributed by atoms with E-state index in [1.165, 1.54) is 4.57 Å². The largest absolute Gasteiger partial charge is 0.495 e. The van der Waals surface area contributed by atoms with Crippen LogP contribution in [0.1, 0.15) is 12.0 Å². The van der Waals surface area contributed by atoms with Gasteiger partial charge < -0.3 is 4.74 Å². The number of aromatic nitrogens is 4. The van der Waals surface area contributed by atoms with Gasteiger partial charge in [0.2, 0.25) is 10.5 Å². The Kier molecular flexibility index (Phi) is 5.58. The Morgan fingerprint density at radius 1 is 1.24 bits per heavy atom. The van der Waals surface area contributed by atoms with Crippen molar-refractivity contribution < 1.29 is 13.2 Å². The van der Waals surface area contributed by atoms with E-state index in [0.717, 1.165) is 5.56 Å². The van der Waals surface area contributed by atoms with Gasteiger partial charge in [0.15, 0.2) is 9.84 Å². The fraction of sp³-hybridized carbons (Fsp3) is 0.348. The molecule has 178 valence electrons. The van der Waals surface area contributed by atoms with Gasteiger partial charge in [-0.25, -0.2) is 17.7 Å². The molecule has 1 atom stereocenters. The van der Waals surface area contributed by atoms with E-state index in [2.05, 4.69) is 0 Å². The minimum atomic E-state index is -3.02. The summed E-state index contributed by atoms with van der Waals surface area (Å²) < 4.78 is 34.8. The number of para-hydroxylation sites is 1. The number of methoxy groups -OCH3 is 1. The van der Waals surface area contributed by atoms with E-state index >= 15 is 0 Å². The Balaban J connectivity index is 1.75. The van der Waals surface area contributed by atoms with Gasteiger partial charge in [-0.3, -0.25) is 14.1 Å². The molecule has 1 fully saturated rings. The molecular weight excluding hydrogens is 474 g/mol. The second-order valence-corrected chi connectivity index (χ2v) is 11.3. The second-order valence-electron chi connectivity index (χ2n) is 8.71. The van der Waals surface area contributed by atoms with Crippen molar-refractivity contribution in [3.63, 3.8) is 0 Å². The molecule has 2 aromatic carbocycles. The maximum Gasteiger partial charge on any atom is 0.267 e. The van der Waals surface area contributed by atoms with E-state index in [1.807, 2.05) is 55.3 Å². The highest BCUT2D eigenvalue weighted by molar-refractivity contribution is 7.91. The van der Waals surface area contributed by atoms with Gasteiger partial charge in [-0.15, -0.1) is 5.10 Å². The smallest absolute Gasteiger partial charge is 0.267 e. The molecule has 2 aromatic heterocycles. The summed E-state index contributed by atoms with van der Waals surface area (Å²) >= 11 is 5.80. The minimum absolute atomic E-state index is 0.104. The summed E-state index contributed by atoms with van der Waals surface area (Å²) in [6, 6.07) is 12.8. The van der Waals surface area contributed by atoms with Crippen LogP contribution in [0.4, 0.5) is 0 Å². The van der Waals surface area contributed by atoms with Crippen LogP contribution in [-0.4, -0.2) is 63.8 Å². The normalized spacial score (nSPS) is 17.7. The van der Waals surface area contributed by atoms with Crippen LogP contribution in [0.3, 0.4) is 0 Å². The minimum Gasteiger partial charge on any atom is -0.495 e. The van der Waals surface area contributed by atoms with Crippen LogP contribution >= 0.6 is 12.2 Å². The summed E-state index contributed by atoms with van der Waals surface area (Å²) in [5, 5.41) is 5.25. The molecule has 1 unspecified atom stereocenters. The molecule has 34 heavy (non-hydrogen) atoms. The fourth-order valence-electron chi connectivity index (χ4n) is 4.55. The summed E-state index contributed by atoms with van der Waals surface area (Å²) in [5.41, 5.74) is 1.97. The molecule has 0 saturated carbocycles. The average Bonchev–Trinajstić information content (AvgIpc) is 3.33. The molecule has 9 nitrogen and oxygen atoms in total. The number of sulfone groups is 1. The third-order valence-electron chi connectivity index (χ3n) is 6.36. The zero-order valence-electron chi connectivity index (χ0n) is 19.1. The van der Waals surface area contributed by atoms with Crippen molar-refractivity contribution in [3.05, 3.63) is 63.2 Å². The predicted molar refractivity (Wildman–Crippen MR) is 133 cm³/mol. The van der Waals surface area contributed by atoms with Crippen molar-refractivity contribution >= 4 is 38.7 Å². The number of aryl methyl sites for hydroxylation is 1. The van der Waals surface area contributed by atoms with E-state index < -0.39 is 9.84 Å². The molecule has 1 saturated heterocycles. The van der Waals surface area contributed by atoms with Gasteiger partial charge in [0, 0.05) is 6.04 Å². The van der Waals surface area contributed by atoms with Crippen molar-refractivity contribution in [2.45, 2.75) is 26.1 Å². The Bertz CT molecular complexity index is 1650. The molecule has 0 spiro atoms. The predicted octanol–water partition coefficient (Wildman–Crippen LogP) is 2.56. The van der Waals surface area contributed by atoms with E-state index in [0.29, 0.717) is 46.0 Å². The first-order valence-electron chi connectivity index (χ1n) is 10.9. The van der Waals surface area contributed by atoms with Crippen LogP contribution in [0.15, 0.2) is 47.3 Å². The topological polar surface area (TPSA) is 90.8 Å². The molecule has 0 radical (unpaired) electrons. The number of fused-ring (bicyclic) bond motifs is 3. The highest BCUT2D eigenvalue weighted by Gasteiger charge is 2.31. The average molecular weight is 500 g/mol. The summed E-state index contributed by atoms with van der Waals surface area (Å²) in [5.74, 6) is 1.22. The maximum atomic E-state index is 13.7. The van der Waals surface area contributed by atoms with Gasteiger partial charge in [0.25, 0.3) is 5.56 Å². The summed E-state index contributed by atoms with van der Waals surface area (Å²) in [6.45, 7) is 2.25. The molecule has 1 aliphatic rings. The van der Waals surface area contributed by atoms with Crippen molar-refractivity contribution in [1.29, 1.82) is 0 Å². The Morgan fingerprint density at radius 3 is 2.71 bits per heavy atom. The van der Waals surface area contributed by atoms with Crippen LogP contribution < -0.4 is 10.3 Å². The Hall–Kier alpha value is -3.02. The summed E-state index contributed by atoms with van der Waals surface area (Å²) in [6.07, 6.45) is 0.577. The lowest BCUT2D eigenvalue weighted by Crippen LogP contribution is -2.34. The van der Waals surface area contributed by atoms with Crippen LogP contribution in [-0.2, 0) is 16.5 Å². The molecule has 11 heteroatoms.